The lowest BCUT2D eigenvalue weighted by atomic mass is 9.84. The fourth-order valence-corrected chi connectivity index (χ4v) is 2.34. The summed E-state index contributed by atoms with van der Waals surface area (Å²) >= 11 is 0. The molecule has 0 spiro atoms. The second-order valence-electron chi connectivity index (χ2n) is 5.88. The Kier molecular flexibility index (Phi) is 4.48. The molecule has 2 N–H and O–H groups in total. The molecule has 1 aromatic carbocycles. The molecule has 4 heteroatoms. The number of hydrogen-bond acceptors (Lipinski definition) is 3. The molecule has 0 aliphatic rings. The molecule has 2 aromatic rings. The molecular formula is C17H21NO3. The molecular weight excluding hydrogens is 266 g/mol. The molecule has 0 atom stereocenters. The minimum Gasteiger partial charge on any atom is -0.475 e. The van der Waals surface area contributed by atoms with Crippen LogP contribution in [-0.2, 0) is 12.0 Å². The summed E-state index contributed by atoms with van der Waals surface area (Å²) in [7, 11) is 0. The molecule has 0 fully saturated rings. The van der Waals surface area contributed by atoms with Crippen LogP contribution >= 0.6 is 0 Å². The van der Waals surface area contributed by atoms with Crippen molar-refractivity contribution in [1.29, 1.82) is 0 Å². The van der Waals surface area contributed by atoms with E-state index < -0.39 is 5.97 Å². The number of carbonyl (C=O) groups is 1. The van der Waals surface area contributed by atoms with Gasteiger partial charge in [0.15, 0.2) is 0 Å². The van der Waals surface area contributed by atoms with Gasteiger partial charge in [-0.2, -0.15) is 0 Å². The summed E-state index contributed by atoms with van der Waals surface area (Å²) in [5.74, 6) is -0.355. The van der Waals surface area contributed by atoms with E-state index >= 15 is 0 Å². The van der Waals surface area contributed by atoms with Gasteiger partial charge in [-0.3, -0.25) is 0 Å². The van der Waals surface area contributed by atoms with Crippen LogP contribution < -0.4 is 5.32 Å². The summed E-state index contributed by atoms with van der Waals surface area (Å²) in [6.07, 6.45) is 0. The molecule has 2 rings (SSSR count). The summed E-state index contributed by atoms with van der Waals surface area (Å²) in [6.45, 7) is 7.38. The van der Waals surface area contributed by atoms with Crippen LogP contribution in [-0.4, -0.2) is 17.6 Å². The highest BCUT2D eigenvalue weighted by atomic mass is 16.4. The van der Waals surface area contributed by atoms with E-state index in [1.807, 2.05) is 18.2 Å². The van der Waals surface area contributed by atoms with Crippen LogP contribution in [0.4, 0.5) is 0 Å². The van der Waals surface area contributed by atoms with Gasteiger partial charge in [0.05, 0.1) is 6.54 Å². The zero-order valence-electron chi connectivity index (χ0n) is 12.6. The highest BCUT2D eigenvalue weighted by Crippen LogP contribution is 2.22. The molecule has 0 unspecified atom stereocenters. The Balaban J connectivity index is 1.95. The number of hydrogen-bond donors (Lipinski definition) is 2. The van der Waals surface area contributed by atoms with Crippen molar-refractivity contribution in [1.82, 2.24) is 5.32 Å². The van der Waals surface area contributed by atoms with Crippen molar-refractivity contribution < 1.29 is 14.3 Å². The van der Waals surface area contributed by atoms with Crippen LogP contribution in [0.3, 0.4) is 0 Å². The second-order valence-corrected chi connectivity index (χ2v) is 5.88. The largest absolute Gasteiger partial charge is 0.475 e. The lowest BCUT2D eigenvalue weighted by Gasteiger charge is -2.25. The molecule has 4 nitrogen and oxygen atoms in total. The van der Waals surface area contributed by atoms with Crippen LogP contribution in [0.25, 0.3) is 0 Å². The molecule has 112 valence electrons. The third-order valence-corrected chi connectivity index (χ3v) is 3.58. The van der Waals surface area contributed by atoms with Crippen LogP contribution in [0.5, 0.6) is 0 Å². The minimum absolute atomic E-state index is 0.00146. The van der Waals surface area contributed by atoms with Crippen molar-refractivity contribution in [2.75, 3.05) is 6.54 Å². The molecule has 0 amide bonds. The van der Waals surface area contributed by atoms with E-state index in [1.165, 1.54) is 5.56 Å². The number of carboxylic acid groups (broad SMARTS) is 1. The monoisotopic (exact) mass is 287 g/mol. The summed E-state index contributed by atoms with van der Waals surface area (Å²) < 4.78 is 5.33. The molecule has 0 radical (unpaired) electrons. The lowest BCUT2D eigenvalue weighted by molar-refractivity contribution is 0.0659. The van der Waals surface area contributed by atoms with Crippen LogP contribution in [0.2, 0.25) is 0 Å². The van der Waals surface area contributed by atoms with Crippen LogP contribution in [0.15, 0.2) is 40.8 Å². The predicted molar refractivity (Wildman–Crippen MR) is 81.6 cm³/mol. The van der Waals surface area contributed by atoms with E-state index in [0.29, 0.717) is 17.9 Å². The quantitative estimate of drug-likeness (QED) is 0.855. The van der Waals surface area contributed by atoms with Gasteiger partial charge in [0.25, 0.3) is 0 Å². The van der Waals surface area contributed by atoms with Gasteiger partial charge in [0.1, 0.15) is 5.76 Å². The maximum Gasteiger partial charge on any atom is 0.372 e. The zero-order chi connectivity index (χ0) is 15.5. The Hall–Kier alpha value is -2.07. The van der Waals surface area contributed by atoms with Gasteiger partial charge in [0.2, 0.25) is 5.76 Å². The number of furan rings is 1. The summed E-state index contributed by atoms with van der Waals surface area (Å²) in [4.78, 5) is 10.9. The van der Waals surface area contributed by atoms with Gasteiger partial charge in [-0.25, -0.2) is 4.79 Å². The second kappa shape index (κ2) is 6.14. The fraction of sp³-hybridized carbons (Fsp3) is 0.353. The molecule has 0 saturated carbocycles. The maximum atomic E-state index is 10.9. The van der Waals surface area contributed by atoms with Gasteiger partial charge < -0.3 is 14.8 Å². The van der Waals surface area contributed by atoms with Crippen molar-refractivity contribution >= 4 is 5.97 Å². The number of aromatic carboxylic acids is 1. The van der Waals surface area contributed by atoms with Crippen LogP contribution in [0, 0.1) is 6.92 Å². The van der Waals surface area contributed by atoms with Gasteiger partial charge in [-0.05, 0) is 18.6 Å². The van der Waals surface area contributed by atoms with E-state index in [0.717, 1.165) is 6.54 Å². The highest BCUT2D eigenvalue weighted by molar-refractivity contribution is 5.86. The highest BCUT2D eigenvalue weighted by Gasteiger charge is 2.20. The fourth-order valence-electron chi connectivity index (χ4n) is 2.34. The third kappa shape index (κ3) is 3.73. The first-order chi connectivity index (χ1) is 9.90. The Morgan fingerprint density at radius 2 is 1.95 bits per heavy atom. The predicted octanol–water partition coefficient (Wildman–Crippen LogP) is 3.35. The SMILES string of the molecule is Cc1cc(CNCC(C)(C)c2ccccc2)oc1C(=O)O. The number of rotatable bonds is 6. The van der Waals surface area contributed by atoms with Gasteiger partial charge in [-0.1, -0.05) is 44.2 Å². The summed E-state index contributed by atoms with van der Waals surface area (Å²) in [6, 6.07) is 12.1. The van der Waals surface area contributed by atoms with E-state index in [2.05, 4.69) is 31.3 Å². The molecule has 1 heterocycles. The average Bonchev–Trinajstić information content (AvgIpc) is 2.81. The van der Waals surface area contributed by atoms with E-state index in [4.69, 9.17) is 9.52 Å². The Bertz CT molecular complexity index is 614. The maximum absolute atomic E-state index is 10.9. The number of aryl methyl sites for hydroxylation is 1. The van der Waals surface area contributed by atoms with Gasteiger partial charge in [-0.15, -0.1) is 0 Å². The van der Waals surface area contributed by atoms with E-state index in [9.17, 15) is 4.79 Å². The Morgan fingerprint density at radius 3 is 2.52 bits per heavy atom. The standard InChI is InChI=1S/C17H21NO3/c1-12-9-14(21-15(12)16(19)20)10-18-11-17(2,3)13-7-5-4-6-8-13/h4-9,18H,10-11H2,1-3H3,(H,19,20). The van der Waals surface area contributed by atoms with Crippen molar-refractivity contribution in [3.05, 3.63) is 59.0 Å². The topological polar surface area (TPSA) is 62.5 Å². The van der Waals surface area contributed by atoms with Crippen LogP contribution in [0.1, 0.15) is 41.3 Å². The Labute approximate surface area is 124 Å². The molecule has 0 aliphatic heterocycles. The smallest absolute Gasteiger partial charge is 0.372 e. The van der Waals surface area contributed by atoms with Gasteiger partial charge >= 0.3 is 5.97 Å². The zero-order valence-corrected chi connectivity index (χ0v) is 12.6. The Morgan fingerprint density at radius 1 is 1.29 bits per heavy atom. The molecule has 21 heavy (non-hydrogen) atoms. The average molecular weight is 287 g/mol. The molecule has 0 saturated heterocycles. The lowest BCUT2D eigenvalue weighted by Crippen LogP contribution is -2.32. The first-order valence-electron chi connectivity index (χ1n) is 6.99. The number of carboxylic acids is 1. The van der Waals surface area contributed by atoms with E-state index in [-0.39, 0.29) is 11.2 Å². The minimum atomic E-state index is -1.02. The third-order valence-electron chi connectivity index (χ3n) is 3.58. The first kappa shape index (κ1) is 15.3. The van der Waals surface area contributed by atoms with Crippen molar-refractivity contribution in [3.8, 4) is 0 Å². The first-order valence-corrected chi connectivity index (χ1v) is 6.99. The molecule has 1 aromatic heterocycles. The van der Waals surface area contributed by atoms with Crippen molar-refractivity contribution in [2.45, 2.75) is 32.7 Å². The van der Waals surface area contributed by atoms with Crippen molar-refractivity contribution in [2.24, 2.45) is 0 Å². The van der Waals surface area contributed by atoms with Gasteiger partial charge in [0, 0.05) is 17.5 Å². The number of nitrogens with one attached hydrogen (secondary N) is 1. The molecule has 0 bridgehead atoms. The van der Waals surface area contributed by atoms with E-state index in [1.54, 1.807) is 13.0 Å². The number of benzene rings is 1. The van der Waals surface area contributed by atoms with Crippen molar-refractivity contribution in [3.63, 3.8) is 0 Å². The summed E-state index contributed by atoms with van der Waals surface area (Å²) in [5, 5.41) is 12.3. The molecule has 0 aliphatic carbocycles. The summed E-state index contributed by atoms with van der Waals surface area (Å²) in [5.41, 5.74) is 1.92. The normalized spacial score (nSPS) is 11.6.